The van der Waals surface area contributed by atoms with Crippen molar-refractivity contribution in [1.82, 2.24) is 4.57 Å². The molecule has 1 aliphatic heterocycles. The first-order valence-electron chi connectivity index (χ1n) is 13.2. The van der Waals surface area contributed by atoms with E-state index in [2.05, 4.69) is 56.5 Å². The van der Waals surface area contributed by atoms with Gasteiger partial charge in [-0.3, -0.25) is 9.36 Å². The lowest BCUT2D eigenvalue weighted by Gasteiger charge is -2.30. The van der Waals surface area contributed by atoms with Gasteiger partial charge in [0.2, 0.25) is 0 Å². The van der Waals surface area contributed by atoms with E-state index in [1.54, 1.807) is 24.3 Å². The lowest BCUT2D eigenvalue weighted by atomic mass is 9.83. The van der Waals surface area contributed by atoms with Crippen molar-refractivity contribution in [1.29, 1.82) is 0 Å². The molecule has 5 aromatic rings. The van der Waals surface area contributed by atoms with Crippen LogP contribution >= 0.6 is 27.3 Å². The first-order valence-corrected chi connectivity index (χ1v) is 14.8. The minimum atomic E-state index is -0.251. The van der Waals surface area contributed by atoms with Gasteiger partial charge in [-0.05, 0) is 72.0 Å². The summed E-state index contributed by atoms with van der Waals surface area (Å²) in [5.74, 6) is 0.0260. The molecule has 0 spiro atoms. The summed E-state index contributed by atoms with van der Waals surface area (Å²) in [7, 11) is 0. The van der Waals surface area contributed by atoms with E-state index >= 15 is 0 Å². The highest BCUT2D eigenvalue weighted by Gasteiger charge is 2.32. The van der Waals surface area contributed by atoms with Crippen molar-refractivity contribution in [2.75, 3.05) is 0 Å². The van der Waals surface area contributed by atoms with Gasteiger partial charge in [0.05, 0.1) is 27.6 Å². The third-order valence-corrected chi connectivity index (χ3v) is 8.91. The summed E-state index contributed by atoms with van der Waals surface area (Å²) in [5.41, 5.74) is 7.21. The van der Waals surface area contributed by atoms with E-state index in [1.807, 2.05) is 53.1 Å². The van der Waals surface area contributed by atoms with Crippen LogP contribution in [0.2, 0.25) is 0 Å². The van der Waals surface area contributed by atoms with Gasteiger partial charge < -0.3 is 5.11 Å². The molecule has 4 aromatic carbocycles. The van der Waals surface area contributed by atoms with Crippen LogP contribution in [0.4, 0.5) is 11.4 Å². The number of aryl methyl sites for hydroxylation is 1. The average molecular weight is 620 g/mol. The van der Waals surface area contributed by atoms with Crippen LogP contribution in [0, 0.1) is 0 Å². The molecule has 6 nitrogen and oxygen atoms in total. The molecule has 0 bridgehead atoms. The number of hydrogen-bond donors (Lipinski definition) is 1. The second-order valence-electron chi connectivity index (χ2n) is 9.94. The van der Waals surface area contributed by atoms with Crippen molar-refractivity contribution in [2.24, 2.45) is 15.2 Å². The molecule has 0 amide bonds. The second-order valence-corrected chi connectivity index (χ2v) is 11.9. The van der Waals surface area contributed by atoms with E-state index in [9.17, 15) is 9.90 Å². The molecule has 1 N–H and O–H groups in total. The molecule has 0 fully saturated rings. The molecular weight excluding hydrogens is 596 g/mol. The largest absolute Gasteiger partial charge is 0.507 e. The molecule has 8 heteroatoms. The zero-order chi connectivity index (χ0) is 27.9. The molecule has 1 aliphatic carbocycles. The second kappa shape index (κ2) is 10.5. The lowest BCUT2D eigenvalue weighted by molar-refractivity contribution is 0.474. The van der Waals surface area contributed by atoms with Crippen molar-refractivity contribution in [3.8, 4) is 5.75 Å². The molecule has 7 rings (SSSR count). The van der Waals surface area contributed by atoms with Crippen LogP contribution in [0.15, 0.2) is 127 Å². The number of phenolic OH excluding ortho intramolecular Hbond substituents is 1. The fourth-order valence-corrected chi connectivity index (χ4v) is 6.69. The van der Waals surface area contributed by atoms with Crippen molar-refractivity contribution < 1.29 is 5.11 Å². The van der Waals surface area contributed by atoms with Gasteiger partial charge in [0, 0.05) is 21.7 Å². The number of hydrogen-bond acceptors (Lipinski definition) is 6. The molecule has 0 saturated heterocycles. The Morgan fingerprint density at radius 2 is 1.66 bits per heavy atom. The summed E-state index contributed by atoms with van der Waals surface area (Å²) in [4.78, 5) is 19.7. The van der Waals surface area contributed by atoms with Gasteiger partial charge in [-0.15, -0.1) is 0 Å². The van der Waals surface area contributed by atoms with Crippen LogP contribution in [-0.4, -0.2) is 9.67 Å². The monoisotopic (exact) mass is 618 g/mol. The summed E-state index contributed by atoms with van der Waals surface area (Å²) in [6.45, 7) is 0. The molecule has 0 unspecified atom stereocenters. The third kappa shape index (κ3) is 4.79. The topological polar surface area (TPSA) is 79.3 Å². The van der Waals surface area contributed by atoms with Crippen LogP contribution in [-0.2, 0) is 6.42 Å². The van der Waals surface area contributed by atoms with E-state index < -0.39 is 0 Å². The Balaban J connectivity index is 1.34. The number of fused-ring (bicyclic) bond motifs is 3. The molecule has 2 heterocycles. The number of azo groups is 1. The molecule has 2 aliphatic rings. The van der Waals surface area contributed by atoms with Gasteiger partial charge in [-0.1, -0.05) is 81.9 Å². The smallest absolute Gasteiger partial charge is 0.271 e. The number of phenols is 1. The summed E-state index contributed by atoms with van der Waals surface area (Å²) in [6, 6.07) is 30.8. The summed E-state index contributed by atoms with van der Waals surface area (Å²) in [5, 5.41) is 19.2. The van der Waals surface area contributed by atoms with Gasteiger partial charge in [0.15, 0.2) is 4.80 Å². The van der Waals surface area contributed by atoms with E-state index in [0.29, 0.717) is 20.6 Å². The Morgan fingerprint density at radius 3 is 2.46 bits per heavy atom. The maximum Gasteiger partial charge on any atom is 0.271 e. The SMILES string of the molecule is O=c1/c(=C/c2ccc(N=Nc3ccccc3)cc2O)sc2n1[C@@H](c1ccc(Br)cc1)C1=C(N=2)c2ccccc2CC1. The lowest BCUT2D eigenvalue weighted by Crippen LogP contribution is -2.38. The van der Waals surface area contributed by atoms with E-state index in [4.69, 9.17) is 4.99 Å². The maximum atomic E-state index is 14.0. The number of thiazole rings is 1. The van der Waals surface area contributed by atoms with Gasteiger partial charge >= 0.3 is 0 Å². The first kappa shape index (κ1) is 25.6. The van der Waals surface area contributed by atoms with Crippen molar-refractivity contribution in [3.05, 3.63) is 149 Å². The van der Waals surface area contributed by atoms with Gasteiger partial charge in [-0.25, -0.2) is 4.99 Å². The summed E-state index contributed by atoms with van der Waals surface area (Å²) in [6.07, 6.45) is 3.47. The fraction of sp³-hybridized carbons (Fsp3) is 0.0909. The number of rotatable bonds is 4. The molecule has 1 atom stereocenters. The minimum absolute atomic E-state index is 0.0260. The maximum absolute atomic E-state index is 14.0. The summed E-state index contributed by atoms with van der Waals surface area (Å²) >= 11 is 4.88. The van der Waals surface area contributed by atoms with Crippen molar-refractivity contribution >= 4 is 50.4 Å². The van der Waals surface area contributed by atoms with Crippen LogP contribution < -0.4 is 14.9 Å². The Kier molecular flexibility index (Phi) is 6.57. The highest BCUT2D eigenvalue weighted by molar-refractivity contribution is 9.10. The molecule has 0 radical (unpaired) electrons. The third-order valence-electron chi connectivity index (χ3n) is 7.40. The molecule has 200 valence electrons. The van der Waals surface area contributed by atoms with Crippen molar-refractivity contribution in [2.45, 2.75) is 18.9 Å². The van der Waals surface area contributed by atoms with Crippen LogP contribution in [0.5, 0.6) is 5.75 Å². The highest BCUT2D eigenvalue weighted by atomic mass is 79.9. The van der Waals surface area contributed by atoms with E-state index in [1.165, 1.54) is 16.9 Å². The fourth-order valence-electron chi connectivity index (χ4n) is 5.44. The van der Waals surface area contributed by atoms with Gasteiger partial charge in [-0.2, -0.15) is 10.2 Å². The van der Waals surface area contributed by atoms with Gasteiger partial charge in [0.25, 0.3) is 5.56 Å². The number of aromatic hydroxyl groups is 1. The number of allylic oxidation sites excluding steroid dienone is 1. The van der Waals surface area contributed by atoms with Crippen LogP contribution in [0.1, 0.15) is 34.7 Å². The predicted octanol–water partition coefficient (Wildman–Crippen LogP) is 7.20. The standard InChI is InChI=1S/C33H23BrN4O2S/c34-23-14-10-21(11-15-23)31-27-17-13-20-6-4-5-9-26(20)30(27)35-33-38(31)32(40)29(41-33)18-22-12-16-25(19-28(22)39)37-36-24-7-2-1-3-8-24/h1-12,14-16,18-19,31,39H,13,17H2/b29-18-,37-36?/t31-/m0/s1. The predicted molar refractivity (Wildman–Crippen MR) is 166 cm³/mol. The Bertz CT molecular complexity index is 2040. The molecule has 0 saturated carbocycles. The first-order chi connectivity index (χ1) is 20.0. The Hall–Kier alpha value is -4.40. The van der Waals surface area contributed by atoms with Gasteiger partial charge in [0.1, 0.15) is 5.75 Å². The molecular formula is C33H23BrN4O2S. The number of nitrogens with zero attached hydrogens (tertiary/aromatic N) is 4. The number of halogens is 1. The molecule has 1 aromatic heterocycles. The normalized spacial score (nSPS) is 16.3. The molecule has 41 heavy (non-hydrogen) atoms. The number of aromatic nitrogens is 1. The summed E-state index contributed by atoms with van der Waals surface area (Å²) < 4.78 is 3.30. The van der Waals surface area contributed by atoms with Crippen molar-refractivity contribution in [3.63, 3.8) is 0 Å². The zero-order valence-corrected chi connectivity index (χ0v) is 24.1. The highest BCUT2D eigenvalue weighted by Crippen LogP contribution is 2.41. The van der Waals surface area contributed by atoms with E-state index in [-0.39, 0.29) is 17.4 Å². The van der Waals surface area contributed by atoms with Crippen LogP contribution in [0.25, 0.3) is 11.8 Å². The van der Waals surface area contributed by atoms with Crippen LogP contribution in [0.3, 0.4) is 0 Å². The minimum Gasteiger partial charge on any atom is -0.507 e. The quantitative estimate of drug-likeness (QED) is 0.216. The average Bonchev–Trinajstić information content (AvgIpc) is 3.31. The number of benzene rings is 4. The zero-order valence-electron chi connectivity index (χ0n) is 21.7. The Labute approximate surface area is 248 Å². The Morgan fingerprint density at radius 1 is 0.902 bits per heavy atom. The van der Waals surface area contributed by atoms with E-state index in [0.717, 1.165) is 45.4 Å².